The van der Waals surface area contributed by atoms with Gasteiger partial charge in [-0.1, -0.05) is 13.8 Å². The average Bonchev–Trinajstić information content (AvgIpc) is 2.78. The number of hydrogen-bond donors (Lipinski definition) is 1. The second kappa shape index (κ2) is 8.33. The van der Waals surface area contributed by atoms with E-state index in [9.17, 15) is 0 Å². The van der Waals surface area contributed by atoms with Crippen LogP contribution >= 0.6 is 0 Å². The lowest BCUT2D eigenvalue weighted by Gasteiger charge is -2.20. The molecule has 0 spiro atoms. The Morgan fingerprint density at radius 2 is 2.05 bits per heavy atom. The largest absolute Gasteiger partial charge is 0.314 e. The van der Waals surface area contributed by atoms with Gasteiger partial charge in [0.05, 0.1) is 5.69 Å². The van der Waals surface area contributed by atoms with Crippen molar-refractivity contribution in [3.05, 3.63) is 17.5 Å². The van der Waals surface area contributed by atoms with Crippen LogP contribution in [0.25, 0.3) is 0 Å². The Balaban J connectivity index is 2.68. The van der Waals surface area contributed by atoms with E-state index < -0.39 is 0 Å². The number of aromatic nitrogens is 2. The maximum absolute atomic E-state index is 4.63. The van der Waals surface area contributed by atoms with Crippen LogP contribution in [0, 0.1) is 0 Å². The van der Waals surface area contributed by atoms with E-state index in [-0.39, 0.29) is 0 Å². The van der Waals surface area contributed by atoms with E-state index in [4.69, 9.17) is 0 Å². The molecular weight excluding hydrogens is 236 g/mol. The fraction of sp³-hybridized carbons (Fsp3) is 0.800. The van der Waals surface area contributed by atoms with Gasteiger partial charge in [-0.15, -0.1) is 0 Å². The Bertz CT molecular complexity index is 357. The van der Waals surface area contributed by atoms with Crippen LogP contribution in [0.3, 0.4) is 0 Å². The van der Waals surface area contributed by atoms with Crippen LogP contribution in [0.5, 0.6) is 0 Å². The molecule has 19 heavy (non-hydrogen) atoms. The number of rotatable bonds is 9. The third-order valence-electron chi connectivity index (χ3n) is 3.45. The van der Waals surface area contributed by atoms with Crippen molar-refractivity contribution in [3.8, 4) is 0 Å². The minimum absolute atomic E-state index is 0.541. The Morgan fingerprint density at radius 1 is 1.32 bits per heavy atom. The zero-order valence-corrected chi connectivity index (χ0v) is 13.2. The molecule has 0 aliphatic rings. The molecule has 1 unspecified atom stereocenters. The van der Waals surface area contributed by atoms with Gasteiger partial charge >= 0.3 is 0 Å². The van der Waals surface area contributed by atoms with Gasteiger partial charge in [-0.3, -0.25) is 4.68 Å². The predicted molar refractivity (Wildman–Crippen MR) is 81.6 cm³/mol. The highest BCUT2D eigenvalue weighted by atomic mass is 15.3. The van der Waals surface area contributed by atoms with Crippen molar-refractivity contribution in [2.45, 2.75) is 52.6 Å². The van der Waals surface area contributed by atoms with Gasteiger partial charge in [0.2, 0.25) is 0 Å². The number of hydrogen-bond acceptors (Lipinski definition) is 3. The van der Waals surface area contributed by atoms with Crippen LogP contribution in [-0.4, -0.2) is 47.9 Å². The number of nitrogens with zero attached hydrogens (tertiary/aromatic N) is 3. The molecule has 0 amide bonds. The summed E-state index contributed by atoms with van der Waals surface area (Å²) in [5.74, 6) is 0. The second-order valence-electron chi connectivity index (χ2n) is 5.35. The first-order valence-electron chi connectivity index (χ1n) is 7.54. The van der Waals surface area contributed by atoms with Gasteiger partial charge in [0, 0.05) is 24.7 Å². The van der Waals surface area contributed by atoms with Gasteiger partial charge in [-0.2, -0.15) is 5.10 Å². The van der Waals surface area contributed by atoms with Crippen LogP contribution in [-0.2, 0) is 19.4 Å². The summed E-state index contributed by atoms with van der Waals surface area (Å²) < 4.78 is 2.15. The molecule has 0 aromatic carbocycles. The van der Waals surface area contributed by atoms with Gasteiger partial charge < -0.3 is 10.2 Å². The summed E-state index contributed by atoms with van der Waals surface area (Å²) in [6.45, 7) is 9.62. The summed E-state index contributed by atoms with van der Waals surface area (Å²) >= 11 is 0. The molecule has 1 atom stereocenters. The quantitative estimate of drug-likeness (QED) is 0.741. The van der Waals surface area contributed by atoms with Crippen LogP contribution < -0.4 is 5.32 Å². The van der Waals surface area contributed by atoms with Crippen LogP contribution in [0.2, 0.25) is 0 Å². The third-order valence-corrected chi connectivity index (χ3v) is 3.45. The zero-order chi connectivity index (χ0) is 14.3. The summed E-state index contributed by atoms with van der Waals surface area (Å²) in [7, 11) is 4.27. The molecule has 0 aliphatic heterocycles. The Hall–Kier alpha value is -0.870. The van der Waals surface area contributed by atoms with Crippen molar-refractivity contribution in [3.63, 3.8) is 0 Å². The Labute approximate surface area is 118 Å². The highest BCUT2D eigenvalue weighted by Gasteiger charge is 2.13. The molecule has 0 saturated heterocycles. The lowest BCUT2D eigenvalue weighted by Crippen LogP contribution is -2.34. The minimum Gasteiger partial charge on any atom is -0.314 e. The first-order valence-corrected chi connectivity index (χ1v) is 7.54. The second-order valence-corrected chi connectivity index (χ2v) is 5.35. The summed E-state index contributed by atoms with van der Waals surface area (Å²) in [6, 6.07) is 2.81. The van der Waals surface area contributed by atoms with E-state index >= 15 is 0 Å². The number of nitrogens with one attached hydrogen (secondary N) is 1. The van der Waals surface area contributed by atoms with Crippen molar-refractivity contribution in [2.75, 3.05) is 27.2 Å². The maximum atomic E-state index is 4.63. The molecule has 4 nitrogen and oxygen atoms in total. The molecule has 1 heterocycles. The molecule has 0 saturated carbocycles. The van der Waals surface area contributed by atoms with Gasteiger partial charge in [0.25, 0.3) is 0 Å². The van der Waals surface area contributed by atoms with Crippen molar-refractivity contribution in [2.24, 2.45) is 0 Å². The highest BCUT2D eigenvalue weighted by Crippen LogP contribution is 2.10. The molecule has 0 bridgehead atoms. The zero-order valence-electron chi connectivity index (χ0n) is 13.2. The number of likely N-dealkylation sites (N-methyl/N-ethyl adjacent to an activating group) is 1. The van der Waals surface area contributed by atoms with E-state index in [1.165, 1.54) is 17.8 Å². The van der Waals surface area contributed by atoms with Crippen LogP contribution in [0.1, 0.15) is 38.6 Å². The fourth-order valence-corrected chi connectivity index (χ4v) is 2.36. The van der Waals surface area contributed by atoms with Crippen molar-refractivity contribution < 1.29 is 0 Å². The lowest BCUT2D eigenvalue weighted by molar-refractivity contribution is 0.355. The molecule has 0 radical (unpaired) electrons. The SMILES string of the molecule is CCNC(CCN(C)C)Cc1cc(CC)nn1CC. The molecular formula is C15H30N4. The van der Waals surface area contributed by atoms with Crippen LogP contribution in [0.15, 0.2) is 6.07 Å². The molecule has 1 N–H and O–H groups in total. The average molecular weight is 266 g/mol. The Kier molecular flexibility index (Phi) is 7.10. The molecule has 110 valence electrons. The van der Waals surface area contributed by atoms with Crippen molar-refractivity contribution in [1.29, 1.82) is 0 Å². The summed E-state index contributed by atoms with van der Waals surface area (Å²) in [6.07, 6.45) is 3.27. The first-order chi connectivity index (χ1) is 9.10. The minimum atomic E-state index is 0.541. The van der Waals surface area contributed by atoms with E-state index in [1.54, 1.807) is 0 Å². The van der Waals surface area contributed by atoms with Gasteiger partial charge in [-0.25, -0.2) is 0 Å². The Morgan fingerprint density at radius 3 is 2.58 bits per heavy atom. The molecule has 1 aromatic rings. The summed E-state index contributed by atoms with van der Waals surface area (Å²) in [4.78, 5) is 2.25. The van der Waals surface area contributed by atoms with Gasteiger partial charge in [0.15, 0.2) is 0 Å². The van der Waals surface area contributed by atoms with Gasteiger partial charge in [0.1, 0.15) is 0 Å². The maximum Gasteiger partial charge on any atom is 0.0624 e. The third kappa shape index (κ3) is 5.33. The molecule has 4 heteroatoms. The molecule has 0 fully saturated rings. The van der Waals surface area contributed by atoms with E-state index in [0.29, 0.717) is 6.04 Å². The van der Waals surface area contributed by atoms with Crippen LogP contribution in [0.4, 0.5) is 0 Å². The molecule has 1 aromatic heterocycles. The van der Waals surface area contributed by atoms with E-state index in [0.717, 1.165) is 32.5 Å². The topological polar surface area (TPSA) is 33.1 Å². The molecule has 1 rings (SSSR count). The van der Waals surface area contributed by atoms with Crippen molar-refractivity contribution in [1.82, 2.24) is 20.0 Å². The standard InChI is InChI=1S/C15H30N4/c1-6-13-11-15(19(8-3)17-13)12-14(16-7-2)9-10-18(4)5/h11,14,16H,6-10,12H2,1-5H3. The monoisotopic (exact) mass is 266 g/mol. The smallest absolute Gasteiger partial charge is 0.0624 e. The van der Waals surface area contributed by atoms with E-state index in [2.05, 4.69) is 60.9 Å². The summed E-state index contributed by atoms with van der Waals surface area (Å²) in [5.41, 5.74) is 2.57. The van der Waals surface area contributed by atoms with E-state index in [1.807, 2.05) is 0 Å². The van der Waals surface area contributed by atoms with Crippen molar-refractivity contribution >= 4 is 0 Å². The highest BCUT2D eigenvalue weighted by molar-refractivity contribution is 5.12. The normalized spacial score (nSPS) is 13.2. The fourth-order valence-electron chi connectivity index (χ4n) is 2.36. The predicted octanol–water partition coefficient (Wildman–Crippen LogP) is 1.94. The molecule has 0 aliphatic carbocycles. The first kappa shape index (κ1) is 16.2. The summed E-state index contributed by atoms with van der Waals surface area (Å²) in [5, 5.41) is 8.23. The lowest BCUT2D eigenvalue weighted by atomic mass is 10.1. The number of aryl methyl sites for hydroxylation is 2. The van der Waals surface area contributed by atoms with Gasteiger partial charge in [-0.05, 0) is 53.0 Å².